The first-order valence-electron chi connectivity index (χ1n) is 10.2. The molecule has 1 fully saturated rings. The number of aryl methyl sites for hydroxylation is 2. The normalized spacial score (nSPS) is 15.8. The highest BCUT2D eigenvalue weighted by atomic mass is 32.2. The predicted molar refractivity (Wildman–Crippen MR) is 121 cm³/mol. The number of piperidine rings is 1. The Kier molecular flexibility index (Phi) is 5.74. The summed E-state index contributed by atoms with van der Waals surface area (Å²) < 4.78 is 27.9. The number of aromatic nitrogens is 3. The van der Waals surface area contributed by atoms with Crippen LogP contribution < -0.4 is 11.5 Å². The number of sulfonamides is 1. The number of benzene rings is 1. The first-order valence-corrected chi connectivity index (χ1v) is 11.6. The van der Waals surface area contributed by atoms with E-state index in [1.165, 1.54) is 4.31 Å². The van der Waals surface area contributed by atoms with Gasteiger partial charge in [0.1, 0.15) is 11.5 Å². The maximum absolute atomic E-state index is 13.2. The average molecular weight is 439 g/mol. The van der Waals surface area contributed by atoms with Crippen LogP contribution in [0.1, 0.15) is 24.1 Å². The number of nitrogens with zero attached hydrogens (tertiary/aromatic N) is 4. The van der Waals surface area contributed by atoms with Crippen molar-refractivity contribution < 1.29 is 8.42 Å². The maximum atomic E-state index is 13.2. The molecule has 0 atom stereocenters. The van der Waals surface area contributed by atoms with Crippen LogP contribution in [-0.2, 0) is 10.0 Å². The fourth-order valence-corrected chi connectivity index (χ4v) is 5.23. The first kappa shape index (κ1) is 21.4. The van der Waals surface area contributed by atoms with Crippen LogP contribution in [0, 0.1) is 13.8 Å². The van der Waals surface area contributed by atoms with Crippen LogP contribution in [0.15, 0.2) is 47.6 Å². The molecule has 0 radical (unpaired) electrons. The van der Waals surface area contributed by atoms with Crippen LogP contribution >= 0.6 is 0 Å². The third-order valence-electron chi connectivity index (χ3n) is 5.59. The number of anilines is 1. The van der Waals surface area contributed by atoms with Crippen molar-refractivity contribution in [3.8, 4) is 22.5 Å². The van der Waals surface area contributed by atoms with Crippen LogP contribution in [0.4, 0.5) is 5.82 Å². The molecule has 0 spiro atoms. The summed E-state index contributed by atoms with van der Waals surface area (Å²) in [5.74, 6) is 0.306. The third kappa shape index (κ3) is 4.30. The minimum absolute atomic E-state index is 0.0559. The molecule has 0 unspecified atom stereocenters. The second-order valence-corrected chi connectivity index (χ2v) is 9.83. The molecular weight excluding hydrogens is 412 g/mol. The van der Waals surface area contributed by atoms with Gasteiger partial charge in [0.05, 0.1) is 16.8 Å². The van der Waals surface area contributed by atoms with E-state index in [1.807, 2.05) is 26.0 Å². The summed E-state index contributed by atoms with van der Waals surface area (Å²) in [6.45, 7) is 4.67. The van der Waals surface area contributed by atoms with Gasteiger partial charge in [-0.25, -0.2) is 18.4 Å². The van der Waals surface area contributed by atoms with Gasteiger partial charge in [-0.15, -0.1) is 0 Å². The Morgan fingerprint density at radius 1 is 1.06 bits per heavy atom. The fourth-order valence-electron chi connectivity index (χ4n) is 3.74. The van der Waals surface area contributed by atoms with E-state index < -0.39 is 10.0 Å². The van der Waals surface area contributed by atoms with E-state index in [0.29, 0.717) is 48.7 Å². The third-order valence-corrected chi connectivity index (χ3v) is 7.49. The predicted octanol–water partition coefficient (Wildman–Crippen LogP) is 2.52. The van der Waals surface area contributed by atoms with E-state index in [4.69, 9.17) is 16.5 Å². The van der Waals surface area contributed by atoms with Crippen LogP contribution in [0.25, 0.3) is 22.5 Å². The average Bonchev–Trinajstić information content (AvgIpc) is 2.75. The molecule has 9 heteroatoms. The van der Waals surface area contributed by atoms with Gasteiger partial charge >= 0.3 is 0 Å². The molecule has 4 N–H and O–H groups in total. The van der Waals surface area contributed by atoms with Crippen molar-refractivity contribution >= 4 is 15.8 Å². The number of hydrogen-bond donors (Lipinski definition) is 2. The second-order valence-electron chi connectivity index (χ2n) is 7.89. The molecule has 162 valence electrons. The van der Waals surface area contributed by atoms with Crippen molar-refractivity contribution in [2.75, 3.05) is 18.8 Å². The Morgan fingerprint density at radius 3 is 2.52 bits per heavy atom. The van der Waals surface area contributed by atoms with Crippen molar-refractivity contribution in [3.63, 3.8) is 0 Å². The Balaban J connectivity index is 1.75. The molecule has 8 nitrogen and oxygen atoms in total. The highest BCUT2D eigenvalue weighted by Gasteiger charge is 2.28. The van der Waals surface area contributed by atoms with Gasteiger partial charge in [-0.2, -0.15) is 4.31 Å². The van der Waals surface area contributed by atoms with Crippen LogP contribution in [0.3, 0.4) is 0 Å². The smallest absolute Gasteiger partial charge is 0.243 e. The van der Waals surface area contributed by atoms with Gasteiger partial charge in [-0.05, 0) is 56.5 Å². The van der Waals surface area contributed by atoms with Crippen molar-refractivity contribution in [1.82, 2.24) is 19.3 Å². The van der Waals surface area contributed by atoms with E-state index in [1.54, 1.807) is 30.6 Å². The number of nitrogen functional groups attached to an aromatic ring is 1. The summed E-state index contributed by atoms with van der Waals surface area (Å²) in [4.78, 5) is 13.5. The molecule has 3 heterocycles. The standard InChI is InChI=1S/C22H26N6O2S/c1-14-3-4-18(31(29,30)28-9-6-17(23)7-10-28)12-19(14)20-13-26-22(24)21(27-20)16-5-8-25-15(2)11-16/h3-5,8,11-13,17H,6-7,9-10,23H2,1-2H3,(H2,24,26). The monoisotopic (exact) mass is 438 g/mol. The number of rotatable bonds is 4. The van der Waals surface area contributed by atoms with E-state index in [2.05, 4.69) is 9.97 Å². The molecular formula is C22H26N6O2S. The summed E-state index contributed by atoms with van der Waals surface area (Å²) in [5.41, 5.74) is 16.4. The SMILES string of the molecule is Cc1cc(-c2nc(-c3cc(S(=O)(=O)N4CCC(N)CC4)ccc3C)cnc2N)ccn1. The Hall–Kier alpha value is -2.88. The molecule has 1 aliphatic heterocycles. The topological polar surface area (TPSA) is 128 Å². The van der Waals surface area contributed by atoms with Crippen LogP contribution in [0.5, 0.6) is 0 Å². The van der Waals surface area contributed by atoms with Gasteiger partial charge in [0.25, 0.3) is 0 Å². The number of nitrogens with two attached hydrogens (primary N) is 2. The zero-order valence-electron chi connectivity index (χ0n) is 17.6. The van der Waals surface area contributed by atoms with Crippen molar-refractivity contribution in [3.05, 3.63) is 54.0 Å². The molecule has 1 aromatic carbocycles. The molecule has 2 aromatic heterocycles. The van der Waals surface area contributed by atoms with Gasteiger partial charge < -0.3 is 11.5 Å². The van der Waals surface area contributed by atoms with Crippen molar-refractivity contribution in [2.24, 2.45) is 5.73 Å². The lowest BCUT2D eigenvalue weighted by Gasteiger charge is -2.29. The fraction of sp³-hybridized carbons (Fsp3) is 0.318. The lowest BCUT2D eigenvalue weighted by molar-refractivity contribution is 0.320. The van der Waals surface area contributed by atoms with Crippen LogP contribution in [0.2, 0.25) is 0 Å². The second kappa shape index (κ2) is 8.33. The minimum atomic E-state index is -3.61. The summed E-state index contributed by atoms with van der Waals surface area (Å²) in [6, 6.07) is 8.87. The Labute approximate surface area is 182 Å². The van der Waals surface area contributed by atoms with E-state index >= 15 is 0 Å². The van der Waals surface area contributed by atoms with Crippen molar-refractivity contribution in [2.45, 2.75) is 37.6 Å². The van der Waals surface area contributed by atoms with Crippen molar-refractivity contribution in [1.29, 1.82) is 0 Å². The largest absolute Gasteiger partial charge is 0.382 e. The quantitative estimate of drug-likeness (QED) is 0.640. The van der Waals surface area contributed by atoms with E-state index in [0.717, 1.165) is 16.8 Å². The number of hydrogen-bond acceptors (Lipinski definition) is 7. The summed E-state index contributed by atoms with van der Waals surface area (Å²) in [6.07, 6.45) is 4.60. The van der Waals surface area contributed by atoms with Gasteiger partial charge in [-0.1, -0.05) is 6.07 Å². The summed E-state index contributed by atoms with van der Waals surface area (Å²) in [5, 5.41) is 0. The highest BCUT2D eigenvalue weighted by molar-refractivity contribution is 7.89. The lowest BCUT2D eigenvalue weighted by atomic mass is 10.1. The van der Waals surface area contributed by atoms with Gasteiger partial charge in [0, 0.05) is 42.1 Å². The highest BCUT2D eigenvalue weighted by Crippen LogP contribution is 2.30. The summed E-state index contributed by atoms with van der Waals surface area (Å²) in [7, 11) is -3.61. The zero-order chi connectivity index (χ0) is 22.2. The van der Waals surface area contributed by atoms with E-state index in [9.17, 15) is 8.42 Å². The summed E-state index contributed by atoms with van der Waals surface area (Å²) >= 11 is 0. The lowest BCUT2D eigenvalue weighted by Crippen LogP contribution is -2.42. The van der Waals surface area contributed by atoms with Gasteiger partial charge in [0.2, 0.25) is 10.0 Å². The molecule has 0 saturated carbocycles. The Morgan fingerprint density at radius 2 is 1.81 bits per heavy atom. The maximum Gasteiger partial charge on any atom is 0.243 e. The molecule has 0 aliphatic carbocycles. The molecule has 4 rings (SSSR count). The molecule has 31 heavy (non-hydrogen) atoms. The van der Waals surface area contributed by atoms with Gasteiger partial charge in [0.15, 0.2) is 0 Å². The minimum Gasteiger partial charge on any atom is -0.382 e. The molecule has 0 bridgehead atoms. The molecule has 1 saturated heterocycles. The Bertz CT molecular complexity index is 1220. The zero-order valence-corrected chi connectivity index (χ0v) is 18.4. The number of pyridine rings is 1. The van der Waals surface area contributed by atoms with Gasteiger partial charge in [-0.3, -0.25) is 4.98 Å². The first-order chi connectivity index (χ1) is 14.8. The molecule has 1 aliphatic rings. The molecule has 3 aromatic rings. The van der Waals surface area contributed by atoms with Crippen LogP contribution in [-0.4, -0.2) is 46.8 Å². The molecule has 0 amide bonds. The van der Waals surface area contributed by atoms with E-state index in [-0.39, 0.29) is 10.9 Å².